The summed E-state index contributed by atoms with van der Waals surface area (Å²) < 4.78 is 5.01. The number of pyridine rings is 1. The first-order chi connectivity index (χ1) is 13.6. The molecular formula is C21H26N4O3. The van der Waals surface area contributed by atoms with E-state index in [2.05, 4.69) is 41.5 Å². The van der Waals surface area contributed by atoms with Crippen LogP contribution in [0.3, 0.4) is 0 Å². The number of nitrogens with one attached hydrogen (secondary N) is 1. The molecule has 0 bridgehead atoms. The molecule has 3 rings (SSSR count). The van der Waals surface area contributed by atoms with Crippen LogP contribution in [0.1, 0.15) is 28.5 Å². The number of aromatic nitrogens is 1. The van der Waals surface area contributed by atoms with Crippen molar-refractivity contribution in [1.82, 2.24) is 14.8 Å². The van der Waals surface area contributed by atoms with Crippen LogP contribution >= 0.6 is 0 Å². The SMILES string of the molecule is CCOC(=O)N1CCN(C(=O)c2cc(NCc3ccc(C)cc3)ccn2)CC1. The summed E-state index contributed by atoms with van der Waals surface area (Å²) in [6.07, 6.45) is 1.31. The van der Waals surface area contributed by atoms with E-state index in [0.29, 0.717) is 45.0 Å². The summed E-state index contributed by atoms with van der Waals surface area (Å²) >= 11 is 0. The van der Waals surface area contributed by atoms with Gasteiger partial charge in [0.1, 0.15) is 5.69 Å². The van der Waals surface area contributed by atoms with Crippen LogP contribution in [0.5, 0.6) is 0 Å². The van der Waals surface area contributed by atoms with Gasteiger partial charge in [-0.3, -0.25) is 9.78 Å². The molecule has 1 aliphatic rings. The molecule has 148 valence electrons. The first-order valence-electron chi connectivity index (χ1n) is 9.53. The van der Waals surface area contributed by atoms with Crippen molar-refractivity contribution in [3.63, 3.8) is 0 Å². The summed E-state index contributed by atoms with van der Waals surface area (Å²) in [4.78, 5) is 32.1. The Hall–Kier alpha value is -3.09. The van der Waals surface area contributed by atoms with Gasteiger partial charge in [0.25, 0.3) is 5.91 Å². The Kier molecular flexibility index (Phi) is 6.47. The van der Waals surface area contributed by atoms with E-state index < -0.39 is 0 Å². The van der Waals surface area contributed by atoms with Crippen LogP contribution in [-0.4, -0.2) is 59.6 Å². The predicted octanol–water partition coefficient (Wildman–Crippen LogP) is 2.92. The van der Waals surface area contributed by atoms with Gasteiger partial charge in [0.05, 0.1) is 6.61 Å². The molecule has 1 aliphatic heterocycles. The minimum Gasteiger partial charge on any atom is -0.450 e. The number of aryl methyl sites for hydroxylation is 1. The van der Waals surface area contributed by atoms with E-state index in [9.17, 15) is 9.59 Å². The van der Waals surface area contributed by atoms with Crippen LogP contribution < -0.4 is 5.32 Å². The summed E-state index contributed by atoms with van der Waals surface area (Å²) in [7, 11) is 0. The third-order valence-electron chi connectivity index (χ3n) is 4.69. The average molecular weight is 382 g/mol. The summed E-state index contributed by atoms with van der Waals surface area (Å²) in [6, 6.07) is 11.9. The molecule has 1 saturated heterocycles. The number of benzene rings is 1. The summed E-state index contributed by atoms with van der Waals surface area (Å²) in [5.74, 6) is -0.123. The van der Waals surface area contributed by atoms with Crippen molar-refractivity contribution in [3.8, 4) is 0 Å². The van der Waals surface area contributed by atoms with E-state index in [-0.39, 0.29) is 12.0 Å². The van der Waals surface area contributed by atoms with Crippen molar-refractivity contribution in [3.05, 3.63) is 59.4 Å². The van der Waals surface area contributed by atoms with Gasteiger partial charge < -0.3 is 19.9 Å². The van der Waals surface area contributed by atoms with Crippen molar-refractivity contribution in [2.24, 2.45) is 0 Å². The Morgan fingerprint density at radius 1 is 1.07 bits per heavy atom. The number of anilines is 1. The first kappa shape index (κ1) is 19.7. The summed E-state index contributed by atoms with van der Waals surface area (Å²) in [6.45, 7) is 6.75. The molecule has 1 aromatic heterocycles. The van der Waals surface area contributed by atoms with Crippen LogP contribution in [0.15, 0.2) is 42.6 Å². The largest absolute Gasteiger partial charge is 0.450 e. The Balaban J connectivity index is 1.56. The van der Waals surface area contributed by atoms with Crippen LogP contribution in [0.2, 0.25) is 0 Å². The Morgan fingerprint density at radius 2 is 1.75 bits per heavy atom. The minimum absolute atomic E-state index is 0.123. The zero-order chi connectivity index (χ0) is 19.9. The molecule has 0 saturated carbocycles. The molecule has 1 aromatic carbocycles. The zero-order valence-corrected chi connectivity index (χ0v) is 16.4. The van der Waals surface area contributed by atoms with Crippen LogP contribution in [0, 0.1) is 6.92 Å². The highest BCUT2D eigenvalue weighted by Crippen LogP contribution is 2.14. The maximum absolute atomic E-state index is 12.8. The van der Waals surface area contributed by atoms with Crippen LogP contribution in [0.4, 0.5) is 10.5 Å². The lowest BCUT2D eigenvalue weighted by atomic mass is 10.1. The highest BCUT2D eigenvalue weighted by Gasteiger charge is 2.26. The third kappa shape index (κ3) is 5.00. The number of carbonyl (C=O) groups excluding carboxylic acids is 2. The van der Waals surface area contributed by atoms with E-state index in [0.717, 1.165) is 5.69 Å². The number of nitrogens with zero attached hydrogens (tertiary/aromatic N) is 3. The fraction of sp³-hybridized carbons (Fsp3) is 0.381. The molecule has 2 aromatic rings. The van der Waals surface area contributed by atoms with Crippen molar-refractivity contribution in [2.45, 2.75) is 20.4 Å². The highest BCUT2D eigenvalue weighted by atomic mass is 16.6. The van der Waals surface area contributed by atoms with Gasteiger partial charge in [-0.15, -0.1) is 0 Å². The highest BCUT2D eigenvalue weighted by molar-refractivity contribution is 5.93. The molecule has 0 aliphatic carbocycles. The smallest absolute Gasteiger partial charge is 0.409 e. The fourth-order valence-corrected chi connectivity index (χ4v) is 3.04. The number of amides is 2. The maximum atomic E-state index is 12.8. The second-order valence-corrected chi connectivity index (χ2v) is 6.75. The molecule has 0 atom stereocenters. The average Bonchev–Trinajstić information content (AvgIpc) is 2.73. The topological polar surface area (TPSA) is 74.8 Å². The molecule has 7 nitrogen and oxygen atoms in total. The second kappa shape index (κ2) is 9.21. The van der Waals surface area contributed by atoms with Gasteiger partial charge in [-0.1, -0.05) is 29.8 Å². The molecule has 1 fully saturated rings. The van der Waals surface area contributed by atoms with Gasteiger partial charge in [-0.25, -0.2) is 4.79 Å². The fourth-order valence-electron chi connectivity index (χ4n) is 3.04. The number of ether oxygens (including phenoxy) is 1. The van der Waals surface area contributed by atoms with Gasteiger partial charge >= 0.3 is 6.09 Å². The predicted molar refractivity (Wildman–Crippen MR) is 107 cm³/mol. The van der Waals surface area contributed by atoms with Crippen molar-refractivity contribution >= 4 is 17.7 Å². The lowest BCUT2D eigenvalue weighted by Gasteiger charge is -2.33. The number of hydrogen-bond donors (Lipinski definition) is 1. The van der Waals surface area contributed by atoms with Gasteiger partial charge in [0, 0.05) is 44.6 Å². The Labute approximate surface area is 165 Å². The summed E-state index contributed by atoms with van der Waals surface area (Å²) in [5, 5.41) is 3.33. The van der Waals surface area contributed by atoms with E-state index in [1.165, 1.54) is 11.1 Å². The van der Waals surface area contributed by atoms with E-state index in [4.69, 9.17) is 4.74 Å². The molecule has 1 N–H and O–H groups in total. The standard InChI is InChI=1S/C21H26N4O3/c1-3-28-21(27)25-12-10-24(11-13-25)20(26)19-14-18(8-9-22-19)23-15-17-6-4-16(2)5-7-17/h4-9,14H,3,10-13,15H2,1-2H3,(H,22,23). The molecule has 0 unspecified atom stereocenters. The quantitative estimate of drug-likeness (QED) is 0.861. The van der Waals surface area contributed by atoms with Crippen molar-refractivity contribution in [1.29, 1.82) is 0 Å². The molecule has 2 heterocycles. The van der Waals surface area contributed by atoms with Gasteiger partial charge in [-0.05, 0) is 31.5 Å². The van der Waals surface area contributed by atoms with E-state index in [1.54, 1.807) is 29.0 Å². The van der Waals surface area contributed by atoms with Gasteiger partial charge in [0.2, 0.25) is 0 Å². The molecular weight excluding hydrogens is 356 g/mol. The number of hydrogen-bond acceptors (Lipinski definition) is 5. The monoisotopic (exact) mass is 382 g/mol. The Bertz CT molecular complexity index is 815. The van der Waals surface area contributed by atoms with Gasteiger partial charge in [0.15, 0.2) is 0 Å². The number of piperazine rings is 1. The summed E-state index contributed by atoms with van der Waals surface area (Å²) in [5.41, 5.74) is 3.65. The van der Waals surface area contributed by atoms with Crippen LogP contribution in [-0.2, 0) is 11.3 Å². The Morgan fingerprint density at radius 3 is 2.43 bits per heavy atom. The molecule has 2 amide bonds. The second-order valence-electron chi connectivity index (χ2n) is 6.75. The lowest BCUT2D eigenvalue weighted by Crippen LogP contribution is -2.50. The molecule has 0 radical (unpaired) electrons. The lowest BCUT2D eigenvalue weighted by molar-refractivity contribution is 0.0566. The number of rotatable bonds is 5. The van der Waals surface area contributed by atoms with Crippen molar-refractivity contribution in [2.75, 3.05) is 38.1 Å². The molecule has 0 spiro atoms. The molecule has 7 heteroatoms. The zero-order valence-electron chi connectivity index (χ0n) is 16.4. The maximum Gasteiger partial charge on any atom is 0.409 e. The van der Waals surface area contributed by atoms with E-state index >= 15 is 0 Å². The third-order valence-corrected chi connectivity index (χ3v) is 4.69. The minimum atomic E-state index is -0.324. The molecule has 28 heavy (non-hydrogen) atoms. The van der Waals surface area contributed by atoms with Crippen LogP contribution in [0.25, 0.3) is 0 Å². The van der Waals surface area contributed by atoms with Gasteiger partial charge in [-0.2, -0.15) is 0 Å². The van der Waals surface area contributed by atoms with E-state index in [1.807, 2.05) is 6.07 Å². The normalized spacial score (nSPS) is 13.9. The van der Waals surface area contributed by atoms with Crippen molar-refractivity contribution < 1.29 is 14.3 Å². The number of carbonyl (C=O) groups is 2. The first-order valence-corrected chi connectivity index (χ1v) is 9.53.